The number of aromatic nitrogens is 2. The lowest BCUT2D eigenvalue weighted by molar-refractivity contribution is 0.0885. The highest BCUT2D eigenvalue weighted by Gasteiger charge is 2.32. The zero-order chi connectivity index (χ0) is 15.6. The molecule has 1 unspecified atom stereocenters. The predicted octanol–water partition coefficient (Wildman–Crippen LogP) is 1.70. The van der Waals surface area contributed by atoms with Crippen molar-refractivity contribution in [1.82, 2.24) is 9.55 Å². The molecule has 2 rings (SSSR count). The average molecular weight is 292 g/mol. The SMILES string of the molecule is COc1cc(C(C)(O)c2nccn2C)cc(OC)c1OC. The van der Waals surface area contributed by atoms with Crippen molar-refractivity contribution in [3.05, 3.63) is 35.9 Å². The normalized spacial score (nSPS) is 13.6. The summed E-state index contributed by atoms with van der Waals surface area (Å²) >= 11 is 0. The lowest BCUT2D eigenvalue weighted by atomic mass is 9.94. The summed E-state index contributed by atoms with van der Waals surface area (Å²) in [6.07, 6.45) is 3.42. The summed E-state index contributed by atoms with van der Waals surface area (Å²) < 4.78 is 17.7. The van der Waals surface area contributed by atoms with Gasteiger partial charge >= 0.3 is 0 Å². The Morgan fingerprint density at radius 2 is 1.67 bits per heavy atom. The Labute approximate surface area is 123 Å². The molecule has 2 aromatic rings. The van der Waals surface area contributed by atoms with Gasteiger partial charge in [-0.3, -0.25) is 0 Å². The molecule has 1 N–H and O–H groups in total. The number of benzene rings is 1. The lowest BCUT2D eigenvalue weighted by Crippen LogP contribution is -2.27. The maximum absolute atomic E-state index is 10.9. The van der Waals surface area contributed by atoms with Crippen molar-refractivity contribution in [1.29, 1.82) is 0 Å². The van der Waals surface area contributed by atoms with Crippen LogP contribution in [0.5, 0.6) is 17.2 Å². The van der Waals surface area contributed by atoms with E-state index >= 15 is 0 Å². The number of aryl methyl sites for hydroxylation is 1. The average Bonchev–Trinajstić information content (AvgIpc) is 2.92. The minimum Gasteiger partial charge on any atom is -0.493 e. The number of ether oxygens (including phenoxy) is 3. The quantitative estimate of drug-likeness (QED) is 0.908. The van der Waals surface area contributed by atoms with Crippen molar-refractivity contribution in [2.24, 2.45) is 7.05 Å². The Morgan fingerprint density at radius 3 is 2.05 bits per heavy atom. The lowest BCUT2D eigenvalue weighted by Gasteiger charge is -2.25. The standard InChI is InChI=1S/C15H20N2O4/c1-15(18,14-16-6-7-17(14)2)10-8-11(19-3)13(21-5)12(9-10)20-4/h6-9,18H,1-5H3. The Balaban J connectivity index is 2.61. The van der Waals surface area contributed by atoms with Crippen LogP contribution in [0.3, 0.4) is 0 Å². The van der Waals surface area contributed by atoms with Crippen molar-refractivity contribution in [3.63, 3.8) is 0 Å². The van der Waals surface area contributed by atoms with Gasteiger partial charge in [0.15, 0.2) is 11.5 Å². The van der Waals surface area contributed by atoms with E-state index in [2.05, 4.69) is 4.98 Å². The van der Waals surface area contributed by atoms with E-state index in [0.717, 1.165) is 0 Å². The van der Waals surface area contributed by atoms with Crippen LogP contribution in [0.1, 0.15) is 18.3 Å². The van der Waals surface area contributed by atoms with Gasteiger partial charge in [-0.1, -0.05) is 0 Å². The molecule has 6 nitrogen and oxygen atoms in total. The molecule has 1 heterocycles. The number of methoxy groups -OCH3 is 3. The first-order chi connectivity index (χ1) is 9.95. The van der Waals surface area contributed by atoms with Crippen LogP contribution in [0, 0.1) is 0 Å². The first kappa shape index (κ1) is 15.2. The summed E-state index contributed by atoms with van der Waals surface area (Å²) in [5.74, 6) is 1.99. The molecule has 0 saturated heterocycles. The van der Waals surface area contributed by atoms with Crippen molar-refractivity contribution in [2.75, 3.05) is 21.3 Å². The summed E-state index contributed by atoms with van der Waals surface area (Å²) in [5.41, 5.74) is -0.684. The second-order valence-corrected chi connectivity index (χ2v) is 4.85. The summed E-state index contributed by atoms with van der Waals surface area (Å²) in [6.45, 7) is 1.68. The van der Waals surface area contributed by atoms with E-state index in [9.17, 15) is 5.11 Å². The van der Waals surface area contributed by atoms with E-state index in [-0.39, 0.29) is 0 Å². The molecule has 0 aliphatic rings. The van der Waals surface area contributed by atoms with Crippen LogP contribution in [-0.4, -0.2) is 36.0 Å². The van der Waals surface area contributed by atoms with Crippen LogP contribution in [0.15, 0.2) is 24.5 Å². The minimum atomic E-state index is -1.29. The summed E-state index contributed by atoms with van der Waals surface area (Å²) in [4.78, 5) is 4.22. The van der Waals surface area contributed by atoms with Crippen LogP contribution >= 0.6 is 0 Å². The monoisotopic (exact) mass is 292 g/mol. The molecule has 1 aromatic heterocycles. The second-order valence-electron chi connectivity index (χ2n) is 4.85. The first-order valence-corrected chi connectivity index (χ1v) is 6.46. The third-order valence-electron chi connectivity index (χ3n) is 3.48. The third kappa shape index (κ3) is 2.54. The molecule has 114 valence electrons. The van der Waals surface area contributed by atoms with Gasteiger partial charge in [0.05, 0.1) is 21.3 Å². The number of hydrogen-bond acceptors (Lipinski definition) is 5. The number of aliphatic hydroxyl groups is 1. The van der Waals surface area contributed by atoms with Crippen molar-refractivity contribution in [2.45, 2.75) is 12.5 Å². The van der Waals surface area contributed by atoms with Crippen molar-refractivity contribution < 1.29 is 19.3 Å². The van der Waals surface area contributed by atoms with Gasteiger partial charge < -0.3 is 23.9 Å². The van der Waals surface area contributed by atoms with Gasteiger partial charge in [-0.05, 0) is 24.6 Å². The fraction of sp³-hybridized carbons (Fsp3) is 0.400. The maximum Gasteiger partial charge on any atom is 0.203 e. The van der Waals surface area contributed by atoms with Gasteiger partial charge in [0.25, 0.3) is 0 Å². The predicted molar refractivity (Wildman–Crippen MR) is 78.0 cm³/mol. The van der Waals surface area contributed by atoms with Crippen LogP contribution in [0.25, 0.3) is 0 Å². The summed E-state index contributed by atoms with van der Waals surface area (Å²) in [7, 11) is 6.44. The third-order valence-corrected chi connectivity index (χ3v) is 3.48. The van der Waals surface area contributed by atoms with Gasteiger partial charge in [0, 0.05) is 19.4 Å². The molecule has 1 atom stereocenters. The van der Waals surface area contributed by atoms with Crippen molar-refractivity contribution >= 4 is 0 Å². The molecule has 6 heteroatoms. The molecule has 0 saturated carbocycles. The molecule has 21 heavy (non-hydrogen) atoms. The second kappa shape index (κ2) is 5.65. The van der Waals surface area contributed by atoms with E-state index in [1.807, 2.05) is 7.05 Å². The van der Waals surface area contributed by atoms with Gasteiger partial charge in [-0.25, -0.2) is 4.98 Å². The van der Waals surface area contributed by atoms with Crippen LogP contribution < -0.4 is 14.2 Å². The van der Waals surface area contributed by atoms with Crippen LogP contribution in [0.4, 0.5) is 0 Å². The van der Waals surface area contributed by atoms with E-state index in [4.69, 9.17) is 14.2 Å². The molecule has 0 bridgehead atoms. The van der Waals surface area contributed by atoms with Gasteiger partial charge in [-0.2, -0.15) is 0 Å². The van der Waals surface area contributed by atoms with E-state index in [1.54, 1.807) is 36.0 Å². The molecule has 0 spiro atoms. The van der Waals surface area contributed by atoms with E-state index in [0.29, 0.717) is 28.6 Å². The van der Waals surface area contributed by atoms with Crippen LogP contribution in [-0.2, 0) is 12.6 Å². The fourth-order valence-corrected chi connectivity index (χ4v) is 2.33. The Kier molecular flexibility index (Phi) is 4.09. The molecule has 1 aromatic carbocycles. The fourth-order valence-electron chi connectivity index (χ4n) is 2.33. The minimum absolute atomic E-state index is 0.486. The summed E-state index contributed by atoms with van der Waals surface area (Å²) in [6, 6.07) is 3.44. The van der Waals surface area contributed by atoms with Crippen LogP contribution in [0.2, 0.25) is 0 Å². The Morgan fingerprint density at radius 1 is 1.10 bits per heavy atom. The maximum atomic E-state index is 10.9. The van der Waals surface area contributed by atoms with Crippen molar-refractivity contribution in [3.8, 4) is 17.2 Å². The highest BCUT2D eigenvalue weighted by atomic mass is 16.5. The van der Waals surface area contributed by atoms with E-state index in [1.165, 1.54) is 21.3 Å². The zero-order valence-corrected chi connectivity index (χ0v) is 12.9. The molecular formula is C15H20N2O4. The molecule has 0 amide bonds. The van der Waals surface area contributed by atoms with Gasteiger partial charge in [0.1, 0.15) is 11.4 Å². The largest absolute Gasteiger partial charge is 0.493 e. The number of imidazole rings is 1. The number of nitrogens with zero attached hydrogens (tertiary/aromatic N) is 2. The Hall–Kier alpha value is -2.21. The molecule has 0 fully saturated rings. The highest BCUT2D eigenvalue weighted by molar-refractivity contribution is 5.55. The first-order valence-electron chi connectivity index (χ1n) is 6.46. The van der Waals surface area contributed by atoms with Gasteiger partial charge in [0.2, 0.25) is 5.75 Å². The summed E-state index contributed by atoms with van der Waals surface area (Å²) in [5, 5.41) is 10.9. The zero-order valence-electron chi connectivity index (χ0n) is 12.9. The van der Waals surface area contributed by atoms with Gasteiger partial charge in [-0.15, -0.1) is 0 Å². The molecular weight excluding hydrogens is 272 g/mol. The number of rotatable bonds is 5. The molecule has 0 radical (unpaired) electrons. The topological polar surface area (TPSA) is 65.7 Å². The highest BCUT2D eigenvalue weighted by Crippen LogP contribution is 2.42. The van der Waals surface area contributed by atoms with E-state index < -0.39 is 5.60 Å². The molecule has 0 aliphatic heterocycles. The molecule has 0 aliphatic carbocycles. The Bertz CT molecular complexity index is 609. The number of hydrogen-bond donors (Lipinski definition) is 1. The smallest absolute Gasteiger partial charge is 0.203 e.